The summed E-state index contributed by atoms with van der Waals surface area (Å²) in [5, 5.41) is 2.70. The molecule has 2 aromatic carbocycles. The summed E-state index contributed by atoms with van der Waals surface area (Å²) in [6.07, 6.45) is 0. The van der Waals surface area contributed by atoms with Crippen molar-refractivity contribution in [3.63, 3.8) is 0 Å². The lowest BCUT2D eigenvalue weighted by molar-refractivity contribution is 0.591. The Hall–Kier alpha value is -1.30. The van der Waals surface area contributed by atoms with Gasteiger partial charge in [0.2, 0.25) is 0 Å². The molecule has 0 radical (unpaired) electrons. The molecule has 17 heavy (non-hydrogen) atoms. The SMILES string of the molecule is CC(C)c1ccc2cc(C(C)(C)C)ccc2c1. The van der Waals surface area contributed by atoms with Crippen LogP contribution in [0.4, 0.5) is 0 Å². The lowest BCUT2D eigenvalue weighted by atomic mass is 9.85. The van der Waals surface area contributed by atoms with Crippen molar-refractivity contribution < 1.29 is 0 Å². The zero-order valence-corrected chi connectivity index (χ0v) is 11.5. The standard InChI is InChI=1S/C17H22/c1-12(2)13-6-7-15-11-16(17(3,4)5)9-8-14(15)10-13/h6-12H,1-5H3. The van der Waals surface area contributed by atoms with E-state index < -0.39 is 0 Å². The Labute approximate surface area is 105 Å². The third-order valence-corrected chi connectivity index (χ3v) is 3.40. The Bertz CT molecular complexity index is 527. The van der Waals surface area contributed by atoms with E-state index in [0.717, 1.165) is 0 Å². The average molecular weight is 226 g/mol. The van der Waals surface area contributed by atoms with Gasteiger partial charge in [-0.2, -0.15) is 0 Å². The highest BCUT2D eigenvalue weighted by atomic mass is 14.2. The van der Waals surface area contributed by atoms with Crippen LogP contribution in [-0.2, 0) is 5.41 Å². The van der Waals surface area contributed by atoms with E-state index in [1.807, 2.05) is 0 Å². The van der Waals surface area contributed by atoms with Crippen LogP contribution in [0, 0.1) is 0 Å². The maximum atomic E-state index is 2.32. The van der Waals surface area contributed by atoms with E-state index in [1.165, 1.54) is 21.9 Å². The van der Waals surface area contributed by atoms with E-state index >= 15 is 0 Å². The molecule has 0 nitrogen and oxygen atoms in total. The Kier molecular flexibility index (Phi) is 2.99. The summed E-state index contributed by atoms with van der Waals surface area (Å²) in [6.45, 7) is 11.3. The van der Waals surface area contributed by atoms with Crippen LogP contribution >= 0.6 is 0 Å². The summed E-state index contributed by atoms with van der Waals surface area (Å²) in [5.74, 6) is 0.599. The summed E-state index contributed by atoms with van der Waals surface area (Å²) < 4.78 is 0. The molecule has 2 aromatic rings. The molecular formula is C17H22. The van der Waals surface area contributed by atoms with Gasteiger partial charge in [-0.25, -0.2) is 0 Å². The minimum atomic E-state index is 0.227. The Morgan fingerprint density at radius 3 is 2.00 bits per heavy atom. The summed E-state index contributed by atoms with van der Waals surface area (Å²) in [5.41, 5.74) is 3.05. The van der Waals surface area contributed by atoms with E-state index in [9.17, 15) is 0 Å². The fourth-order valence-electron chi connectivity index (χ4n) is 2.09. The topological polar surface area (TPSA) is 0 Å². The smallest absolute Gasteiger partial charge is 0.0132 e. The normalized spacial score (nSPS) is 12.4. The summed E-state index contributed by atoms with van der Waals surface area (Å²) >= 11 is 0. The molecule has 0 spiro atoms. The first-order valence-electron chi connectivity index (χ1n) is 6.42. The quantitative estimate of drug-likeness (QED) is 0.622. The largest absolute Gasteiger partial charge is 0.0587 e. The van der Waals surface area contributed by atoms with Gasteiger partial charge in [0.15, 0.2) is 0 Å². The molecule has 0 aliphatic carbocycles. The molecule has 0 aliphatic rings. The summed E-state index contributed by atoms with van der Waals surface area (Å²) in [7, 11) is 0. The number of rotatable bonds is 1. The molecule has 0 saturated heterocycles. The minimum Gasteiger partial charge on any atom is -0.0587 e. The van der Waals surface area contributed by atoms with Gasteiger partial charge in [0.05, 0.1) is 0 Å². The van der Waals surface area contributed by atoms with E-state index in [-0.39, 0.29) is 5.41 Å². The highest BCUT2D eigenvalue weighted by molar-refractivity contribution is 5.84. The van der Waals surface area contributed by atoms with Gasteiger partial charge >= 0.3 is 0 Å². The molecule has 0 amide bonds. The van der Waals surface area contributed by atoms with Crippen LogP contribution in [0.25, 0.3) is 10.8 Å². The minimum absolute atomic E-state index is 0.227. The van der Waals surface area contributed by atoms with Gasteiger partial charge in [0.1, 0.15) is 0 Å². The predicted molar refractivity (Wildman–Crippen MR) is 76.7 cm³/mol. The molecule has 0 bridgehead atoms. The lowest BCUT2D eigenvalue weighted by Gasteiger charge is -2.19. The second-order valence-corrected chi connectivity index (χ2v) is 6.23. The van der Waals surface area contributed by atoms with Crippen LogP contribution in [0.3, 0.4) is 0 Å². The van der Waals surface area contributed by atoms with Crippen LogP contribution in [0.15, 0.2) is 36.4 Å². The second-order valence-electron chi connectivity index (χ2n) is 6.23. The fraction of sp³-hybridized carbons (Fsp3) is 0.412. The molecule has 0 heteroatoms. The molecule has 2 rings (SSSR count). The molecule has 0 aromatic heterocycles. The van der Waals surface area contributed by atoms with Gasteiger partial charge < -0.3 is 0 Å². The summed E-state index contributed by atoms with van der Waals surface area (Å²) in [6, 6.07) is 13.6. The van der Waals surface area contributed by atoms with E-state index in [1.54, 1.807) is 0 Å². The van der Waals surface area contributed by atoms with Crippen LogP contribution < -0.4 is 0 Å². The van der Waals surface area contributed by atoms with Crippen molar-refractivity contribution in [1.29, 1.82) is 0 Å². The Morgan fingerprint density at radius 2 is 1.41 bits per heavy atom. The zero-order valence-electron chi connectivity index (χ0n) is 11.5. The molecular weight excluding hydrogens is 204 g/mol. The number of hydrogen-bond donors (Lipinski definition) is 0. The first-order chi connectivity index (χ1) is 7.88. The fourth-order valence-corrected chi connectivity index (χ4v) is 2.09. The van der Waals surface area contributed by atoms with Crippen LogP contribution in [0.5, 0.6) is 0 Å². The Balaban J connectivity index is 2.54. The number of hydrogen-bond acceptors (Lipinski definition) is 0. The predicted octanol–water partition coefficient (Wildman–Crippen LogP) is 5.26. The van der Waals surface area contributed by atoms with Crippen molar-refractivity contribution in [3.05, 3.63) is 47.5 Å². The molecule has 0 atom stereocenters. The van der Waals surface area contributed by atoms with Gasteiger partial charge in [-0.1, -0.05) is 71.0 Å². The Morgan fingerprint density at radius 1 is 0.824 bits per heavy atom. The number of benzene rings is 2. The molecule has 0 saturated carbocycles. The van der Waals surface area contributed by atoms with Crippen LogP contribution in [-0.4, -0.2) is 0 Å². The van der Waals surface area contributed by atoms with Crippen molar-refractivity contribution in [3.8, 4) is 0 Å². The molecule has 0 heterocycles. The molecule has 0 fully saturated rings. The van der Waals surface area contributed by atoms with E-state index in [4.69, 9.17) is 0 Å². The van der Waals surface area contributed by atoms with Gasteiger partial charge in [0.25, 0.3) is 0 Å². The van der Waals surface area contributed by atoms with E-state index in [0.29, 0.717) is 5.92 Å². The second kappa shape index (κ2) is 4.18. The highest BCUT2D eigenvalue weighted by Crippen LogP contribution is 2.27. The maximum Gasteiger partial charge on any atom is -0.0132 e. The molecule has 0 unspecified atom stereocenters. The zero-order chi connectivity index (χ0) is 12.6. The maximum absolute atomic E-state index is 2.32. The van der Waals surface area contributed by atoms with Crippen LogP contribution in [0.2, 0.25) is 0 Å². The van der Waals surface area contributed by atoms with Gasteiger partial charge in [-0.15, -0.1) is 0 Å². The molecule has 0 aliphatic heterocycles. The van der Waals surface area contributed by atoms with Crippen molar-refractivity contribution in [2.45, 2.75) is 46.0 Å². The third-order valence-electron chi connectivity index (χ3n) is 3.40. The third kappa shape index (κ3) is 2.52. The van der Waals surface area contributed by atoms with Crippen molar-refractivity contribution >= 4 is 10.8 Å². The van der Waals surface area contributed by atoms with Crippen molar-refractivity contribution in [2.24, 2.45) is 0 Å². The monoisotopic (exact) mass is 226 g/mol. The van der Waals surface area contributed by atoms with E-state index in [2.05, 4.69) is 71.0 Å². The first-order valence-corrected chi connectivity index (χ1v) is 6.42. The van der Waals surface area contributed by atoms with Gasteiger partial charge in [-0.3, -0.25) is 0 Å². The first kappa shape index (κ1) is 12.2. The average Bonchev–Trinajstić information content (AvgIpc) is 2.26. The van der Waals surface area contributed by atoms with Crippen molar-refractivity contribution in [1.82, 2.24) is 0 Å². The molecule has 0 N–H and O–H groups in total. The summed E-state index contributed by atoms with van der Waals surface area (Å²) in [4.78, 5) is 0. The highest BCUT2D eigenvalue weighted by Gasteiger charge is 2.13. The molecule has 90 valence electrons. The van der Waals surface area contributed by atoms with Crippen molar-refractivity contribution in [2.75, 3.05) is 0 Å². The number of fused-ring (bicyclic) bond motifs is 1. The lowest BCUT2D eigenvalue weighted by Crippen LogP contribution is -2.10. The van der Waals surface area contributed by atoms with Gasteiger partial charge in [-0.05, 0) is 33.2 Å². The van der Waals surface area contributed by atoms with Gasteiger partial charge in [0, 0.05) is 0 Å². The van der Waals surface area contributed by atoms with Crippen LogP contribution in [0.1, 0.15) is 51.7 Å².